The Morgan fingerprint density at radius 1 is 1.44 bits per heavy atom. The van der Waals surface area contributed by atoms with Gasteiger partial charge in [-0.15, -0.1) is 23.1 Å². The second-order valence-corrected chi connectivity index (χ2v) is 6.09. The highest BCUT2D eigenvalue weighted by atomic mass is 32.2. The molecular weight excluding hydrogens is 236 g/mol. The van der Waals surface area contributed by atoms with E-state index < -0.39 is 0 Å². The molecule has 16 heavy (non-hydrogen) atoms. The molecule has 1 aromatic carbocycles. The van der Waals surface area contributed by atoms with Crippen molar-refractivity contribution in [1.29, 1.82) is 0 Å². The molecule has 0 saturated carbocycles. The molecule has 84 valence electrons. The predicted octanol–water partition coefficient (Wildman–Crippen LogP) is 4.52. The number of rotatable bonds is 3. The van der Waals surface area contributed by atoms with Crippen LogP contribution < -0.4 is 0 Å². The van der Waals surface area contributed by atoms with Gasteiger partial charge in [-0.1, -0.05) is 13.0 Å². The SMILES string of the molecule is CCSc1ccc2c(C)c(C(C)=O)sc2c1. The summed E-state index contributed by atoms with van der Waals surface area (Å²) < 4.78 is 1.22. The van der Waals surface area contributed by atoms with Gasteiger partial charge in [0.15, 0.2) is 5.78 Å². The first-order valence-electron chi connectivity index (χ1n) is 5.30. The summed E-state index contributed by atoms with van der Waals surface area (Å²) in [4.78, 5) is 13.6. The van der Waals surface area contributed by atoms with Crippen molar-refractivity contribution in [3.8, 4) is 0 Å². The van der Waals surface area contributed by atoms with Crippen molar-refractivity contribution in [2.24, 2.45) is 0 Å². The summed E-state index contributed by atoms with van der Waals surface area (Å²) in [6.07, 6.45) is 0. The van der Waals surface area contributed by atoms with E-state index in [0.29, 0.717) is 0 Å². The lowest BCUT2D eigenvalue weighted by Crippen LogP contribution is -1.88. The van der Waals surface area contributed by atoms with E-state index in [1.807, 2.05) is 18.7 Å². The van der Waals surface area contributed by atoms with Crippen LogP contribution in [0.15, 0.2) is 23.1 Å². The number of hydrogen-bond donors (Lipinski definition) is 0. The Balaban J connectivity index is 2.58. The maximum absolute atomic E-state index is 11.5. The van der Waals surface area contributed by atoms with Gasteiger partial charge in [-0.05, 0) is 42.7 Å². The zero-order chi connectivity index (χ0) is 11.7. The van der Waals surface area contributed by atoms with Gasteiger partial charge in [-0.25, -0.2) is 0 Å². The monoisotopic (exact) mass is 250 g/mol. The van der Waals surface area contributed by atoms with Crippen molar-refractivity contribution < 1.29 is 4.79 Å². The summed E-state index contributed by atoms with van der Waals surface area (Å²) in [5.41, 5.74) is 1.13. The Kier molecular flexibility index (Phi) is 3.36. The number of ketones is 1. The highest BCUT2D eigenvalue weighted by Gasteiger charge is 2.11. The molecule has 0 radical (unpaired) electrons. The topological polar surface area (TPSA) is 17.1 Å². The first-order valence-corrected chi connectivity index (χ1v) is 7.10. The predicted molar refractivity (Wildman–Crippen MR) is 73.0 cm³/mol. The van der Waals surface area contributed by atoms with Gasteiger partial charge in [0, 0.05) is 9.60 Å². The zero-order valence-corrected chi connectivity index (χ0v) is 11.3. The van der Waals surface area contributed by atoms with Crippen LogP contribution in [-0.4, -0.2) is 11.5 Å². The smallest absolute Gasteiger partial charge is 0.170 e. The fourth-order valence-corrected chi connectivity index (χ4v) is 3.72. The molecular formula is C13H14OS2. The number of thioether (sulfide) groups is 1. The summed E-state index contributed by atoms with van der Waals surface area (Å²) in [5.74, 6) is 1.25. The van der Waals surface area contributed by atoms with E-state index in [2.05, 4.69) is 25.1 Å². The van der Waals surface area contributed by atoms with Crippen LogP contribution in [0.4, 0.5) is 0 Å². The summed E-state index contributed by atoms with van der Waals surface area (Å²) >= 11 is 3.44. The van der Waals surface area contributed by atoms with Crippen molar-refractivity contribution >= 4 is 39.0 Å². The normalized spacial score (nSPS) is 10.9. The van der Waals surface area contributed by atoms with Crippen LogP contribution in [0.2, 0.25) is 0 Å². The van der Waals surface area contributed by atoms with Gasteiger partial charge in [0.1, 0.15) is 0 Å². The minimum absolute atomic E-state index is 0.170. The third kappa shape index (κ3) is 2.02. The number of carbonyl (C=O) groups excluding carboxylic acids is 1. The summed E-state index contributed by atoms with van der Waals surface area (Å²) in [6, 6.07) is 6.46. The first-order chi connectivity index (χ1) is 7.63. The van der Waals surface area contributed by atoms with Crippen LogP contribution in [0.1, 0.15) is 29.1 Å². The summed E-state index contributed by atoms with van der Waals surface area (Å²) in [6.45, 7) is 5.82. The average Bonchev–Trinajstić information content (AvgIpc) is 2.56. The molecule has 2 aromatic rings. The van der Waals surface area contributed by atoms with Gasteiger partial charge < -0.3 is 0 Å². The van der Waals surface area contributed by atoms with E-state index in [9.17, 15) is 4.79 Å². The third-order valence-electron chi connectivity index (χ3n) is 2.54. The lowest BCUT2D eigenvalue weighted by molar-refractivity contribution is 0.102. The minimum Gasteiger partial charge on any atom is -0.294 e. The van der Waals surface area contributed by atoms with Gasteiger partial charge in [0.25, 0.3) is 0 Å². The minimum atomic E-state index is 0.170. The number of hydrogen-bond acceptors (Lipinski definition) is 3. The largest absolute Gasteiger partial charge is 0.294 e. The molecule has 0 amide bonds. The molecule has 0 aliphatic heterocycles. The van der Waals surface area contributed by atoms with Crippen LogP contribution in [0.5, 0.6) is 0 Å². The number of aryl methyl sites for hydroxylation is 1. The highest BCUT2D eigenvalue weighted by molar-refractivity contribution is 7.99. The summed E-state index contributed by atoms with van der Waals surface area (Å²) in [7, 11) is 0. The molecule has 0 fully saturated rings. The van der Waals surface area contributed by atoms with E-state index in [4.69, 9.17) is 0 Å². The van der Waals surface area contributed by atoms with Gasteiger partial charge >= 0.3 is 0 Å². The van der Waals surface area contributed by atoms with Crippen molar-refractivity contribution in [3.05, 3.63) is 28.6 Å². The molecule has 0 bridgehead atoms. The Bertz CT molecular complexity index is 540. The molecule has 3 heteroatoms. The zero-order valence-electron chi connectivity index (χ0n) is 9.66. The highest BCUT2D eigenvalue weighted by Crippen LogP contribution is 2.33. The number of fused-ring (bicyclic) bond motifs is 1. The van der Waals surface area contributed by atoms with Crippen molar-refractivity contribution in [2.45, 2.75) is 25.7 Å². The van der Waals surface area contributed by atoms with Gasteiger partial charge in [-0.2, -0.15) is 0 Å². The molecule has 0 N–H and O–H groups in total. The number of Topliss-reactive ketones (excluding diaryl/α,β-unsaturated/α-hetero) is 1. The maximum atomic E-state index is 11.5. The molecule has 0 atom stereocenters. The lowest BCUT2D eigenvalue weighted by Gasteiger charge is -1.98. The number of benzene rings is 1. The molecule has 1 heterocycles. The molecule has 1 nitrogen and oxygen atoms in total. The fourth-order valence-electron chi connectivity index (χ4n) is 1.80. The molecule has 0 spiro atoms. The summed E-state index contributed by atoms with van der Waals surface area (Å²) in [5, 5.41) is 1.22. The fraction of sp³-hybridized carbons (Fsp3) is 0.308. The van der Waals surface area contributed by atoms with E-state index >= 15 is 0 Å². The van der Waals surface area contributed by atoms with E-state index in [1.54, 1.807) is 18.3 Å². The van der Waals surface area contributed by atoms with Crippen LogP contribution >= 0.6 is 23.1 Å². The van der Waals surface area contributed by atoms with Crippen LogP contribution in [0, 0.1) is 6.92 Å². The molecule has 0 aliphatic rings. The molecule has 0 aliphatic carbocycles. The Morgan fingerprint density at radius 2 is 2.19 bits per heavy atom. The Morgan fingerprint density at radius 3 is 2.81 bits per heavy atom. The molecule has 0 saturated heterocycles. The van der Waals surface area contributed by atoms with E-state index in [-0.39, 0.29) is 5.78 Å². The number of carbonyl (C=O) groups is 1. The Hall–Kier alpha value is -0.800. The second-order valence-electron chi connectivity index (χ2n) is 3.70. The first kappa shape index (κ1) is 11.7. The van der Waals surface area contributed by atoms with Crippen LogP contribution in [0.25, 0.3) is 10.1 Å². The quantitative estimate of drug-likeness (QED) is 0.588. The van der Waals surface area contributed by atoms with E-state index in [1.165, 1.54) is 15.0 Å². The van der Waals surface area contributed by atoms with Crippen molar-refractivity contribution in [2.75, 3.05) is 5.75 Å². The Labute approximate surface area is 104 Å². The standard InChI is InChI=1S/C13H14OS2/c1-4-15-10-5-6-11-8(2)13(9(3)14)16-12(11)7-10/h5-7H,4H2,1-3H3. The lowest BCUT2D eigenvalue weighted by atomic mass is 10.1. The van der Waals surface area contributed by atoms with Crippen LogP contribution in [-0.2, 0) is 0 Å². The van der Waals surface area contributed by atoms with Crippen molar-refractivity contribution in [3.63, 3.8) is 0 Å². The van der Waals surface area contributed by atoms with Gasteiger partial charge in [-0.3, -0.25) is 4.79 Å². The second kappa shape index (κ2) is 4.60. The molecule has 0 unspecified atom stereocenters. The van der Waals surface area contributed by atoms with E-state index in [0.717, 1.165) is 16.2 Å². The molecule has 2 rings (SSSR count). The van der Waals surface area contributed by atoms with Crippen molar-refractivity contribution in [1.82, 2.24) is 0 Å². The maximum Gasteiger partial charge on any atom is 0.170 e. The third-order valence-corrected chi connectivity index (χ3v) is 4.77. The number of thiophene rings is 1. The molecule has 1 aromatic heterocycles. The van der Waals surface area contributed by atoms with Gasteiger partial charge in [0.05, 0.1) is 4.88 Å². The van der Waals surface area contributed by atoms with Gasteiger partial charge in [0.2, 0.25) is 0 Å². The van der Waals surface area contributed by atoms with Crippen LogP contribution in [0.3, 0.4) is 0 Å². The average molecular weight is 250 g/mol.